The molecular formula is C46H29N5. The fourth-order valence-corrected chi connectivity index (χ4v) is 7.15. The van der Waals surface area contributed by atoms with Gasteiger partial charge in [0.25, 0.3) is 0 Å². The van der Waals surface area contributed by atoms with E-state index in [2.05, 4.69) is 108 Å². The van der Waals surface area contributed by atoms with Crippen LogP contribution < -0.4 is 0 Å². The molecule has 5 nitrogen and oxygen atoms in total. The molecule has 0 saturated carbocycles. The SMILES string of the molecule is c1ccc(-c2cc(-c3ccc4c(c3)c3c(-c5ccccc5)nc5cccc4n53)cc(-c3nc(-c4ccccc4)nc(-c4ccccc4)n3)c2)cc1. The molecule has 0 aliphatic heterocycles. The first-order valence-corrected chi connectivity index (χ1v) is 17.1. The van der Waals surface area contributed by atoms with Gasteiger partial charge >= 0.3 is 0 Å². The molecule has 0 atom stereocenters. The molecule has 0 fully saturated rings. The van der Waals surface area contributed by atoms with Gasteiger partial charge in [0.1, 0.15) is 5.65 Å². The Morgan fingerprint density at radius 2 is 0.824 bits per heavy atom. The molecular weight excluding hydrogens is 623 g/mol. The summed E-state index contributed by atoms with van der Waals surface area (Å²) in [5, 5.41) is 2.38. The van der Waals surface area contributed by atoms with E-state index >= 15 is 0 Å². The molecule has 0 amide bonds. The zero-order valence-electron chi connectivity index (χ0n) is 27.5. The zero-order valence-corrected chi connectivity index (χ0v) is 27.5. The average Bonchev–Trinajstić information content (AvgIpc) is 3.77. The van der Waals surface area contributed by atoms with Crippen molar-refractivity contribution in [3.63, 3.8) is 0 Å². The number of pyridine rings is 1. The molecule has 0 spiro atoms. The molecule has 238 valence electrons. The van der Waals surface area contributed by atoms with Crippen LogP contribution in [0.15, 0.2) is 176 Å². The topological polar surface area (TPSA) is 56.0 Å². The third kappa shape index (κ3) is 5.03. The predicted molar refractivity (Wildman–Crippen MR) is 207 cm³/mol. The Morgan fingerprint density at radius 3 is 1.43 bits per heavy atom. The van der Waals surface area contributed by atoms with Crippen LogP contribution in [0.25, 0.3) is 95.1 Å². The molecule has 0 bridgehead atoms. The first-order chi connectivity index (χ1) is 25.3. The summed E-state index contributed by atoms with van der Waals surface area (Å²) < 4.78 is 2.30. The maximum Gasteiger partial charge on any atom is 0.164 e. The lowest BCUT2D eigenvalue weighted by molar-refractivity contribution is 1.07. The Bertz CT molecular complexity index is 2770. The van der Waals surface area contributed by atoms with E-state index in [0.29, 0.717) is 17.5 Å². The third-order valence-electron chi connectivity index (χ3n) is 9.57. The number of rotatable bonds is 6. The first-order valence-electron chi connectivity index (χ1n) is 17.1. The summed E-state index contributed by atoms with van der Waals surface area (Å²) in [4.78, 5) is 20.2. The minimum atomic E-state index is 0.624. The Hall–Kier alpha value is -6.98. The summed E-state index contributed by atoms with van der Waals surface area (Å²) >= 11 is 0. The van der Waals surface area contributed by atoms with Crippen LogP contribution in [-0.2, 0) is 0 Å². The van der Waals surface area contributed by atoms with Gasteiger partial charge in [0.15, 0.2) is 17.5 Å². The molecule has 10 rings (SSSR count). The highest BCUT2D eigenvalue weighted by molar-refractivity contribution is 6.14. The molecule has 51 heavy (non-hydrogen) atoms. The summed E-state index contributed by atoms with van der Waals surface area (Å²) in [5.41, 5.74) is 12.5. The molecule has 4 heterocycles. The van der Waals surface area contributed by atoms with Crippen LogP contribution in [0.2, 0.25) is 0 Å². The predicted octanol–water partition coefficient (Wildman–Crippen LogP) is 11.3. The number of nitrogens with zero attached hydrogens (tertiary/aromatic N) is 5. The van der Waals surface area contributed by atoms with E-state index in [4.69, 9.17) is 19.9 Å². The highest BCUT2D eigenvalue weighted by Gasteiger charge is 2.20. The Balaban J connectivity index is 1.21. The lowest BCUT2D eigenvalue weighted by Gasteiger charge is -2.13. The van der Waals surface area contributed by atoms with E-state index in [1.165, 1.54) is 10.8 Å². The van der Waals surface area contributed by atoms with Crippen LogP contribution in [0.3, 0.4) is 0 Å². The number of benzene rings is 6. The van der Waals surface area contributed by atoms with Gasteiger partial charge in [-0.15, -0.1) is 0 Å². The van der Waals surface area contributed by atoms with Crippen LogP contribution in [0.1, 0.15) is 0 Å². The fraction of sp³-hybridized carbons (Fsp3) is 0. The van der Waals surface area contributed by atoms with Gasteiger partial charge in [0.05, 0.1) is 16.7 Å². The summed E-state index contributed by atoms with van der Waals surface area (Å²) in [5.74, 6) is 1.90. The van der Waals surface area contributed by atoms with Crippen LogP contribution >= 0.6 is 0 Å². The second-order valence-electron chi connectivity index (χ2n) is 12.7. The molecule has 0 N–H and O–H groups in total. The summed E-state index contributed by atoms with van der Waals surface area (Å²) in [6.07, 6.45) is 0. The largest absolute Gasteiger partial charge is 0.292 e. The molecule has 0 aliphatic rings. The van der Waals surface area contributed by atoms with Gasteiger partial charge in [0.2, 0.25) is 0 Å². The Labute approximate surface area is 294 Å². The number of hydrogen-bond acceptors (Lipinski definition) is 4. The summed E-state index contributed by atoms with van der Waals surface area (Å²) in [6.45, 7) is 0. The van der Waals surface area contributed by atoms with E-state index in [1.807, 2.05) is 72.8 Å². The van der Waals surface area contributed by atoms with E-state index in [9.17, 15) is 0 Å². The second kappa shape index (κ2) is 11.9. The van der Waals surface area contributed by atoms with Crippen molar-refractivity contribution in [1.82, 2.24) is 24.3 Å². The number of hydrogen-bond donors (Lipinski definition) is 0. The fourth-order valence-electron chi connectivity index (χ4n) is 7.15. The van der Waals surface area contributed by atoms with Crippen molar-refractivity contribution in [2.45, 2.75) is 0 Å². The quantitative estimate of drug-likeness (QED) is 0.180. The van der Waals surface area contributed by atoms with Crippen molar-refractivity contribution >= 4 is 27.5 Å². The van der Waals surface area contributed by atoms with Gasteiger partial charge in [-0.25, -0.2) is 19.9 Å². The van der Waals surface area contributed by atoms with Crippen molar-refractivity contribution in [3.8, 4) is 67.7 Å². The van der Waals surface area contributed by atoms with Crippen LogP contribution in [0, 0.1) is 0 Å². The standard InChI is InChI=1S/C46H29N5/c1-5-14-30(15-6-1)35-26-36(28-37(27-35)46-49-44(32-18-9-3-10-19-32)48-45(50-46)33-20-11-4-12-21-33)34-24-25-38-39(29-34)43-42(31-16-7-2-8-17-31)47-41-23-13-22-40(38)51(41)43/h1-29H. The molecule has 0 unspecified atom stereocenters. The van der Waals surface area contributed by atoms with Crippen molar-refractivity contribution in [3.05, 3.63) is 176 Å². The highest BCUT2D eigenvalue weighted by atomic mass is 15.0. The molecule has 0 aliphatic carbocycles. The molecule has 0 saturated heterocycles. The maximum absolute atomic E-state index is 5.11. The Kier molecular flexibility index (Phi) is 6.74. The van der Waals surface area contributed by atoms with Crippen molar-refractivity contribution in [2.75, 3.05) is 0 Å². The van der Waals surface area contributed by atoms with Gasteiger partial charge in [-0.2, -0.15) is 0 Å². The zero-order chi connectivity index (χ0) is 33.7. The van der Waals surface area contributed by atoms with E-state index in [-0.39, 0.29) is 0 Å². The summed E-state index contributed by atoms with van der Waals surface area (Å²) in [6, 6.07) is 61.0. The minimum absolute atomic E-state index is 0.624. The van der Waals surface area contributed by atoms with E-state index in [1.54, 1.807) is 0 Å². The first kappa shape index (κ1) is 29.0. The van der Waals surface area contributed by atoms with Gasteiger partial charge in [0, 0.05) is 33.0 Å². The number of aromatic nitrogens is 5. The van der Waals surface area contributed by atoms with Crippen LogP contribution in [0.5, 0.6) is 0 Å². The van der Waals surface area contributed by atoms with Crippen molar-refractivity contribution in [2.24, 2.45) is 0 Å². The van der Waals surface area contributed by atoms with Crippen molar-refractivity contribution in [1.29, 1.82) is 0 Å². The molecule has 4 aromatic heterocycles. The van der Waals surface area contributed by atoms with Crippen molar-refractivity contribution < 1.29 is 0 Å². The number of fused-ring (bicyclic) bond motifs is 3. The number of imidazole rings is 1. The molecule has 10 aromatic rings. The second-order valence-corrected chi connectivity index (χ2v) is 12.7. The average molecular weight is 652 g/mol. The van der Waals surface area contributed by atoms with Gasteiger partial charge < -0.3 is 0 Å². The molecule has 0 radical (unpaired) electrons. The minimum Gasteiger partial charge on any atom is -0.292 e. The Morgan fingerprint density at radius 1 is 0.314 bits per heavy atom. The highest BCUT2D eigenvalue weighted by Crippen LogP contribution is 2.40. The monoisotopic (exact) mass is 651 g/mol. The molecule has 6 aromatic carbocycles. The normalized spacial score (nSPS) is 11.5. The van der Waals surface area contributed by atoms with Gasteiger partial charge in [-0.05, 0) is 58.7 Å². The smallest absolute Gasteiger partial charge is 0.164 e. The van der Waals surface area contributed by atoms with E-state index < -0.39 is 0 Å². The maximum atomic E-state index is 5.11. The van der Waals surface area contributed by atoms with E-state index in [0.717, 1.165) is 66.9 Å². The lowest BCUT2D eigenvalue weighted by atomic mass is 9.94. The summed E-state index contributed by atoms with van der Waals surface area (Å²) in [7, 11) is 0. The van der Waals surface area contributed by atoms with Gasteiger partial charge in [-0.1, -0.05) is 140 Å². The lowest BCUT2D eigenvalue weighted by Crippen LogP contribution is -2.00. The third-order valence-corrected chi connectivity index (χ3v) is 9.57. The van der Waals surface area contributed by atoms with Crippen LogP contribution in [-0.4, -0.2) is 24.3 Å². The van der Waals surface area contributed by atoms with Gasteiger partial charge in [-0.3, -0.25) is 4.40 Å². The van der Waals surface area contributed by atoms with Crippen LogP contribution in [0.4, 0.5) is 0 Å². The molecule has 5 heteroatoms.